The molecule has 5 nitrogen and oxygen atoms in total. The van der Waals surface area contributed by atoms with Crippen LogP contribution in [0, 0.1) is 0 Å². The van der Waals surface area contributed by atoms with Crippen LogP contribution in [-0.2, 0) is 4.79 Å². The molecule has 2 aliphatic rings. The Morgan fingerprint density at radius 2 is 2.05 bits per heavy atom. The Kier molecular flexibility index (Phi) is 6.58. The fourth-order valence-electron chi connectivity index (χ4n) is 2.19. The van der Waals surface area contributed by atoms with E-state index in [9.17, 15) is 9.59 Å². The van der Waals surface area contributed by atoms with Crippen molar-refractivity contribution < 1.29 is 14.7 Å². The summed E-state index contributed by atoms with van der Waals surface area (Å²) in [7, 11) is 0. The SMILES string of the molecule is CC.O=C(O)C1CCCN1C(=O)NC1=CC=C(Cl)CC1. The van der Waals surface area contributed by atoms with E-state index in [1.165, 1.54) is 4.90 Å². The van der Waals surface area contributed by atoms with Crippen molar-refractivity contribution in [3.8, 4) is 0 Å². The minimum atomic E-state index is -0.941. The highest BCUT2D eigenvalue weighted by molar-refractivity contribution is 6.29. The van der Waals surface area contributed by atoms with Crippen molar-refractivity contribution in [2.45, 2.75) is 45.6 Å². The molecule has 0 aromatic heterocycles. The van der Waals surface area contributed by atoms with Crippen molar-refractivity contribution in [2.24, 2.45) is 0 Å². The molecule has 1 fully saturated rings. The van der Waals surface area contributed by atoms with Gasteiger partial charge in [-0.15, -0.1) is 0 Å². The summed E-state index contributed by atoms with van der Waals surface area (Å²) < 4.78 is 0. The summed E-state index contributed by atoms with van der Waals surface area (Å²) in [6.07, 6.45) is 6.14. The van der Waals surface area contributed by atoms with Gasteiger partial charge in [0.15, 0.2) is 0 Å². The fourth-order valence-corrected chi connectivity index (χ4v) is 2.35. The van der Waals surface area contributed by atoms with E-state index in [4.69, 9.17) is 16.7 Å². The number of carboxylic acid groups (broad SMARTS) is 1. The second-order valence-corrected chi connectivity index (χ2v) is 4.91. The Balaban J connectivity index is 0.000000956. The molecule has 0 spiro atoms. The number of allylic oxidation sites excluding steroid dienone is 4. The third-order valence-corrected chi connectivity index (χ3v) is 3.48. The third kappa shape index (κ3) is 4.27. The molecule has 112 valence electrons. The number of nitrogens with zero attached hydrogens (tertiary/aromatic N) is 1. The first-order valence-corrected chi connectivity index (χ1v) is 7.31. The van der Waals surface area contributed by atoms with Gasteiger partial charge >= 0.3 is 12.0 Å². The molecule has 1 aliphatic carbocycles. The molecule has 0 saturated carbocycles. The molecule has 0 aromatic carbocycles. The van der Waals surface area contributed by atoms with Crippen LogP contribution in [-0.4, -0.2) is 34.6 Å². The quantitative estimate of drug-likeness (QED) is 0.823. The van der Waals surface area contributed by atoms with Crippen LogP contribution < -0.4 is 5.32 Å². The first kappa shape index (κ1) is 16.6. The Bertz CT molecular complexity index is 432. The topological polar surface area (TPSA) is 69.6 Å². The highest BCUT2D eigenvalue weighted by Gasteiger charge is 2.34. The molecule has 1 unspecified atom stereocenters. The van der Waals surface area contributed by atoms with Crippen molar-refractivity contribution in [2.75, 3.05) is 6.54 Å². The highest BCUT2D eigenvalue weighted by atomic mass is 35.5. The van der Waals surface area contributed by atoms with E-state index in [-0.39, 0.29) is 6.03 Å². The van der Waals surface area contributed by atoms with Crippen LogP contribution in [0.3, 0.4) is 0 Å². The van der Waals surface area contributed by atoms with Gasteiger partial charge < -0.3 is 15.3 Å². The number of urea groups is 1. The normalized spacial score (nSPS) is 21.4. The molecule has 1 heterocycles. The van der Waals surface area contributed by atoms with Crippen molar-refractivity contribution >= 4 is 23.6 Å². The zero-order chi connectivity index (χ0) is 15.1. The largest absolute Gasteiger partial charge is 0.480 e. The Hall–Kier alpha value is -1.49. The Morgan fingerprint density at radius 1 is 1.35 bits per heavy atom. The lowest BCUT2D eigenvalue weighted by molar-refractivity contribution is -0.141. The molecule has 1 atom stereocenters. The van der Waals surface area contributed by atoms with E-state index >= 15 is 0 Å². The lowest BCUT2D eigenvalue weighted by atomic mass is 10.1. The van der Waals surface area contributed by atoms with Crippen LogP contribution in [0.15, 0.2) is 22.9 Å². The summed E-state index contributed by atoms with van der Waals surface area (Å²) >= 11 is 5.83. The molecular formula is C14H21ClN2O3. The zero-order valence-electron chi connectivity index (χ0n) is 11.9. The zero-order valence-corrected chi connectivity index (χ0v) is 12.6. The number of nitrogens with one attached hydrogen (secondary N) is 1. The second-order valence-electron chi connectivity index (χ2n) is 4.43. The van der Waals surface area contributed by atoms with Crippen LogP contribution >= 0.6 is 11.6 Å². The first-order chi connectivity index (χ1) is 9.58. The van der Waals surface area contributed by atoms with E-state index < -0.39 is 12.0 Å². The molecule has 0 radical (unpaired) electrons. The summed E-state index contributed by atoms with van der Waals surface area (Å²) in [5, 5.41) is 12.5. The number of aliphatic carboxylic acids is 1. The number of rotatable bonds is 2. The first-order valence-electron chi connectivity index (χ1n) is 6.93. The maximum absolute atomic E-state index is 12.0. The Labute approximate surface area is 124 Å². The van der Waals surface area contributed by atoms with Crippen LogP contribution in [0.1, 0.15) is 39.5 Å². The van der Waals surface area contributed by atoms with Crippen LogP contribution in [0.4, 0.5) is 4.79 Å². The molecular weight excluding hydrogens is 280 g/mol. The van der Waals surface area contributed by atoms with E-state index in [2.05, 4.69) is 5.32 Å². The second kappa shape index (κ2) is 7.94. The predicted octanol–water partition coefficient (Wildman–Crippen LogP) is 3.07. The number of hydrogen-bond donors (Lipinski definition) is 2. The summed E-state index contributed by atoms with van der Waals surface area (Å²) in [6, 6.07) is -1.04. The molecule has 1 saturated heterocycles. The predicted molar refractivity (Wildman–Crippen MR) is 78.5 cm³/mol. The van der Waals surface area contributed by atoms with Gasteiger partial charge in [-0.3, -0.25) is 0 Å². The lowest BCUT2D eigenvalue weighted by Gasteiger charge is -2.23. The summed E-state index contributed by atoms with van der Waals surface area (Å²) in [5.41, 5.74) is 0.778. The monoisotopic (exact) mass is 300 g/mol. The molecule has 2 amide bonds. The number of halogens is 1. The minimum Gasteiger partial charge on any atom is -0.480 e. The van der Waals surface area contributed by atoms with Gasteiger partial charge in [-0.25, -0.2) is 9.59 Å². The lowest BCUT2D eigenvalue weighted by Crippen LogP contribution is -2.45. The Morgan fingerprint density at radius 3 is 2.60 bits per heavy atom. The summed E-state index contributed by atoms with van der Waals surface area (Å²) in [4.78, 5) is 24.3. The maximum atomic E-state index is 12.0. The van der Waals surface area contributed by atoms with Gasteiger partial charge in [0, 0.05) is 17.3 Å². The van der Waals surface area contributed by atoms with Crippen LogP contribution in [0.5, 0.6) is 0 Å². The smallest absolute Gasteiger partial charge is 0.326 e. The molecule has 2 rings (SSSR count). The van der Waals surface area contributed by atoms with E-state index in [1.807, 2.05) is 13.8 Å². The van der Waals surface area contributed by atoms with Crippen molar-refractivity contribution in [1.82, 2.24) is 10.2 Å². The summed E-state index contributed by atoms with van der Waals surface area (Å²) in [6.45, 7) is 4.49. The van der Waals surface area contributed by atoms with Gasteiger partial charge in [0.2, 0.25) is 0 Å². The van der Waals surface area contributed by atoms with Gasteiger partial charge in [0.25, 0.3) is 0 Å². The standard InChI is InChI=1S/C12H15ClN2O3.C2H6/c13-8-3-5-9(6-4-8)14-12(18)15-7-1-2-10(15)11(16)17;1-2/h3,5,10H,1-2,4,6-7H2,(H,14,18)(H,16,17);1-2H3. The molecule has 6 heteroatoms. The number of carbonyl (C=O) groups excluding carboxylic acids is 1. The van der Waals surface area contributed by atoms with Crippen molar-refractivity contribution in [3.05, 3.63) is 22.9 Å². The van der Waals surface area contributed by atoms with Gasteiger partial charge in [0.1, 0.15) is 6.04 Å². The van der Waals surface area contributed by atoms with Gasteiger partial charge in [-0.05, 0) is 37.8 Å². The molecule has 0 bridgehead atoms. The third-order valence-electron chi connectivity index (χ3n) is 3.16. The minimum absolute atomic E-state index is 0.336. The van der Waals surface area contributed by atoms with Crippen molar-refractivity contribution in [1.29, 1.82) is 0 Å². The number of carbonyl (C=O) groups is 2. The van der Waals surface area contributed by atoms with Gasteiger partial charge in [0.05, 0.1) is 0 Å². The number of hydrogen-bond acceptors (Lipinski definition) is 2. The maximum Gasteiger partial charge on any atom is 0.326 e. The number of likely N-dealkylation sites (tertiary alicyclic amines) is 1. The van der Waals surface area contributed by atoms with Crippen LogP contribution in [0.25, 0.3) is 0 Å². The fraction of sp³-hybridized carbons (Fsp3) is 0.571. The van der Waals surface area contributed by atoms with E-state index in [1.54, 1.807) is 12.2 Å². The van der Waals surface area contributed by atoms with Crippen molar-refractivity contribution in [3.63, 3.8) is 0 Å². The van der Waals surface area contributed by atoms with Gasteiger partial charge in [-0.1, -0.05) is 25.4 Å². The highest BCUT2D eigenvalue weighted by Crippen LogP contribution is 2.21. The average Bonchev–Trinajstić information content (AvgIpc) is 2.93. The van der Waals surface area contributed by atoms with E-state index in [0.29, 0.717) is 25.8 Å². The molecule has 1 aliphatic heterocycles. The number of amides is 2. The summed E-state index contributed by atoms with van der Waals surface area (Å²) in [5.74, 6) is -0.941. The van der Waals surface area contributed by atoms with E-state index in [0.717, 1.165) is 17.2 Å². The average molecular weight is 301 g/mol. The van der Waals surface area contributed by atoms with Crippen LogP contribution in [0.2, 0.25) is 0 Å². The molecule has 2 N–H and O–H groups in total. The van der Waals surface area contributed by atoms with Gasteiger partial charge in [-0.2, -0.15) is 0 Å². The number of carboxylic acids is 1. The molecule has 0 aromatic rings. The molecule has 20 heavy (non-hydrogen) atoms.